The number of rotatable bonds is 3. The van der Waals surface area contributed by atoms with E-state index < -0.39 is 0 Å². The Hall–Kier alpha value is -0.630. The van der Waals surface area contributed by atoms with Crippen LogP contribution >= 0.6 is 11.6 Å². The van der Waals surface area contributed by atoms with E-state index in [0.29, 0.717) is 25.1 Å². The third-order valence-electron chi connectivity index (χ3n) is 4.13. The van der Waals surface area contributed by atoms with Crippen molar-refractivity contribution in [1.29, 1.82) is 0 Å². The van der Waals surface area contributed by atoms with E-state index in [-0.39, 0.29) is 17.0 Å². The lowest BCUT2D eigenvalue weighted by Gasteiger charge is -2.34. The van der Waals surface area contributed by atoms with Gasteiger partial charge in [0, 0.05) is 29.9 Å². The summed E-state index contributed by atoms with van der Waals surface area (Å²) in [7, 11) is 0. The lowest BCUT2D eigenvalue weighted by Crippen LogP contribution is -2.29. The highest BCUT2D eigenvalue weighted by atomic mass is 35.5. The minimum absolute atomic E-state index is 0.00633. The molecule has 1 saturated carbocycles. The second-order valence-electron chi connectivity index (χ2n) is 4.77. The van der Waals surface area contributed by atoms with Crippen molar-refractivity contribution in [3.05, 3.63) is 11.1 Å². The standard InChI is InChI=1S/C13H17ClO2/c1-2-13-6-3-10(15)9(5-8-14)12(13)11(16)4-7-13/h2-8H2,1H3/t13-/m0/s1. The van der Waals surface area contributed by atoms with Crippen molar-refractivity contribution in [2.45, 2.75) is 45.4 Å². The van der Waals surface area contributed by atoms with Gasteiger partial charge in [-0.25, -0.2) is 0 Å². The summed E-state index contributed by atoms with van der Waals surface area (Å²) in [6, 6.07) is 0. The molecule has 0 amide bonds. The maximum absolute atomic E-state index is 12.0. The smallest absolute Gasteiger partial charge is 0.159 e. The van der Waals surface area contributed by atoms with E-state index in [9.17, 15) is 9.59 Å². The fraction of sp³-hybridized carbons (Fsp3) is 0.692. The fourth-order valence-electron chi connectivity index (χ4n) is 3.17. The number of carbonyl (C=O) groups excluding carboxylic acids is 2. The first-order chi connectivity index (χ1) is 7.64. The molecule has 0 heterocycles. The van der Waals surface area contributed by atoms with Crippen LogP contribution in [0.3, 0.4) is 0 Å². The van der Waals surface area contributed by atoms with E-state index in [1.807, 2.05) is 0 Å². The number of hydrogen-bond donors (Lipinski definition) is 0. The molecular formula is C13H17ClO2. The molecule has 1 atom stereocenters. The molecule has 2 aliphatic rings. The van der Waals surface area contributed by atoms with Gasteiger partial charge in [0.25, 0.3) is 0 Å². The second-order valence-corrected chi connectivity index (χ2v) is 5.15. The molecule has 0 aliphatic heterocycles. The highest BCUT2D eigenvalue weighted by Gasteiger charge is 2.46. The molecular weight excluding hydrogens is 224 g/mol. The van der Waals surface area contributed by atoms with Crippen LogP contribution in [-0.4, -0.2) is 17.4 Å². The van der Waals surface area contributed by atoms with Crippen molar-refractivity contribution in [3.63, 3.8) is 0 Å². The molecule has 2 nitrogen and oxygen atoms in total. The van der Waals surface area contributed by atoms with E-state index in [2.05, 4.69) is 6.92 Å². The Morgan fingerprint density at radius 3 is 2.38 bits per heavy atom. The van der Waals surface area contributed by atoms with Crippen molar-refractivity contribution in [1.82, 2.24) is 0 Å². The van der Waals surface area contributed by atoms with Gasteiger partial charge >= 0.3 is 0 Å². The van der Waals surface area contributed by atoms with Gasteiger partial charge in [0.15, 0.2) is 11.6 Å². The molecule has 0 bridgehead atoms. The van der Waals surface area contributed by atoms with Crippen molar-refractivity contribution < 1.29 is 9.59 Å². The third-order valence-corrected chi connectivity index (χ3v) is 4.32. The summed E-state index contributed by atoms with van der Waals surface area (Å²) in [6.07, 6.45) is 4.52. The highest BCUT2D eigenvalue weighted by molar-refractivity contribution is 6.19. The zero-order valence-corrected chi connectivity index (χ0v) is 10.4. The maximum atomic E-state index is 12.0. The number of halogens is 1. The van der Waals surface area contributed by atoms with Crippen molar-refractivity contribution in [3.8, 4) is 0 Å². The number of fused-ring (bicyclic) bond motifs is 1. The van der Waals surface area contributed by atoms with Gasteiger partial charge in [0.2, 0.25) is 0 Å². The van der Waals surface area contributed by atoms with Crippen LogP contribution in [0, 0.1) is 5.41 Å². The topological polar surface area (TPSA) is 34.1 Å². The van der Waals surface area contributed by atoms with Crippen LogP contribution in [0.5, 0.6) is 0 Å². The Kier molecular flexibility index (Phi) is 3.20. The molecule has 0 N–H and O–H groups in total. The summed E-state index contributed by atoms with van der Waals surface area (Å²) >= 11 is 5.73. The third kappa shape index (κ3) is 1.64. The quantitative estimate of drug-likeness (QED) is 0.711. The first-order valence-corrected chi connectivity index (χ1v) is 6.54. The Morgan fingerprint density at radius 2 is 1.81 bits per heavy atom. The van der Waals surface area contributed by atoms with E-state index in [1.54, 1.807) is 0 Å². The first kappa shape index (κ1) is 11.8. The van der Waals surface area contributed by atoms with Gasteiger partial charge < -0.3 is 0 Å². The molecule has 2 aliphatic carbocycles. The molecule has 0 aromatic heterocycles. The Morgan fingerprint density at radius 1 is 1.19 bits per heavy atom. The number of Topliss-reactive ketones (excluding diaryl/α,β-unsaturated/α-hetero) is 2. The average Bonchev–Trinajstić information content (AvgIpc) is 2.62. The number of alkyl halides is 1. The monoisotopic (exact) mass is 240 g/mol. The van der Waals surface area contributed by atoms with Gasteiger partial charge in [0.05, 0.1) is 0 Å². The minimum Gasteiger partial charge on any atom is -0.295 e. The molecule has 16 heavy (non-hydrogen) atoms. The number of carbonyl (C=O) groups is 2. The zero-order chi connectivity index (χ0) is 11.8. The summed E-state index contributed by atoms with van der Waals surface area (Å²) in [5.41, 5.74) is 1.59. The Bertz CT molecular complexity index is 370. The molecule has 0 radical (unpaired) electrons. The first-order valence-electron chi connectivity index (χ1n) is 6.00. The van der Waals surface area contributed by atoms with Crippen molar-refractivity contribution in [2.75, 3.05) is 5.88 Å². The molecule has 0 spiro atoms. The van der Waals surface area contributed by atoms with Gasteiger partial charge in [-0.15, -0.1) is 11.6 Å². The second kappa shape index (κ2) is 4.33. The Balaban J connectivity index is 2.51. The summed E-state index contributed by atoms with van der Waals surface area (Å²) in [5.74, 6) is 0.766. The van der Waals surface area contributed by atoms with Crippen molar-refractivity contribution in [2.24, 2.45) is 5.41 Å². The zero-order valence-electron chi connectivity index (χ0n) is 9.64. The van der Waals surface area contributed by atoms with Crippen LogP contribution < -0.4 is 0 Å². The van der Waals surface area contributed by atoms with Crippen LogP contribution in [0.15, 0.2) is 11.1 Å². The fourth-order valence-corrected chi connectivity index (χ4v) is 3.36. The molecule has 0 saturated heterocycles. The average molecular weight is 241 g/mol. The van der Waals surface area contributed by atoms with E-state index in [4.69, 9.17) is 11.6 Å². The van der Waals surface area contributed by atoms with Gasteiger partial charge in [0.1, 0.15) is 0 Å². The molecule has 0 unspecified atom stereocenters. The number of hydrogen-bond acceptors (Lipinski definition) is 2. The van der Waals surface area contributed by atoms with Crippen LogP contribution in [-0.2, 0) is 9.59 Å². The summed E-state index contributed by atoms with van der Waals surface area (Å²) < 4.78 is 0. The van der Waals surface area contributed by atoms with Crippen LogP contribution in [0.2, 0.25) is 0 Å². The van der Waals surface area contributed by atoms with E-state index >= 15 is 0 Å². The van der Waals surface area contributed by atoms with E-state index in [1.165, 1.54) is 0 Å². The Labute approximate surface area is 101 Å². The van der Waals surface area contributed by atoms with Gasteiger partial charge in [-0.2, -0.15) is 0 Å². The summed E-state index contributed by atoms with van der Waals surface area (Å²) in [6.45, 7) is 2.12. The molecule has 88 valence electrons. The molecule has 0 aromatic carbocycles. The number of ketones is 2. The predicted octanol–water partition coefficient (Wildman–Crippen LogP) is 3.03. The minimum atomic E-state index is 0.00633. The van der Waals surface area contributed by atoms with Crippen LogP contribution in [0.1, 0.15) is 45.4 Å². The van der Waals surface area contributed by atoms with Gasteiger partial charge in [-0.05, 0) is 31.1 Å². The van der Waals surface area contributed by atoms with Gasteiger partial charge in [-0.1, -0.05) is 6.92 Å². The summed E-state index contributed by atoms with van der Waals surface area (Å²) in [4.78, 5) is 23.8. The van der Waals surface area contributed by atoms with Crippen LogP contribution in [0.25, 0.3) is 0 Å². The lowest BCUT2D eigenvalue weighted by molar-refractivity contribution is -0.119. The normalized spacial score (nSPS) is 29.9. The van der Waals surface area contributed by atoms with Crippen molar-refractivity contribution >= 4 is 23.2 Å². The highest BCUT2D eigenvalue weighted by Crippen LogP contribution is 2.51. The predicted molar refractivity (Wildman–Crippen MR) is 63.6 cm³/mol. The molecule has 1 fully saturated rings. The SMILES string of the molecule is CC[C@@]12CCC(=O)C(CCCl)=C1C(=O)CC2. The molecule has 2 rings (SSSR count). The van der Waals surface area contributed by atoms with E-state index in [0.717, 1.165) is 30.4 Å². The summed E-state index contributed by atoms with van der Waals surface area (Å²) in [5, 5.41) is 0. The molecule has 0 aromatic rings. The number of allylic oxidation sites excluding steroid dienone is 2. The lowest BCUT2D eigenvalue weighted by atomic mass is 9.69. The maximum Gasteiger partial charge on any atom is 0.159 e. The van der Waals surface area contributed by atoms with Crippen LogP contribution in [0.4, 0.5) is 0 Å². The largest absolute Gasteiger partial charge is 0.295 e. The van der Waals surface area contributed by atoms with Gasteiger partial charge in [-0.3, -0.25) is 9.59 Å². The molecule has 3 heteroatoms.